The topological polar surface area (TPSA) is 58.4 Å². The number of rotatable bonds is 7. The number of fused-ring (bicyclic) bond motifs is 1. The monoisotopic (exact) mass is 459 g/mol. The Kier molecular flexibility index (Phi) is 6.33. The lowest BCUT2D eigenvalue weighted by Gasteiger charge is -2.30. The Morgan fingerprint density at radius 1 is 1.15 bits per heavy atom. The zero-order chi connectivity index (χ0) is 23.7. The zero-order valence-electron chi connectivity index (χ0n) is 19.5. The Morgan fingerprint density at radius 3 is 2.65 bits per heavy atom. The number of benzene rings is 2. The lowest BCUT2D eigenvalue weighted by atomic mass is 9.79. The molecule has 2 aromatic carbocycles. The van der Waals surface area contributed by atoms with Crippen LogP contribution in [0.2, 0.25) is 0 Å². The highest BCUT2D eigenvalue weighted by atomic mass is 19.1. The number of amides is 1. The first-order chi connectivity index (χ1) is 16.6. The number of nitrogens with zero attached hydrogens (tertiary/aromatic N) is 3. The SMILES string of the molecule is C[C@@H]1C2=C(CC[C@H]2C(=O)N(CCO)CCc2ccccc2)Cc2c1cnn2-c1ccc(F)cc1. The Hall–Kier alpha value is -3.25. The van der Waals surface area contributed by atoms with E-state index in [1.807, 2.05) is 34.0 Å². The van der Waals surface area contributed by atoms with Gasteiger partial charge in [-0.1, -0.05) is 48.4 Å². The maximum atomic E-state index is 13.7. The molecule has 34 heavy (non-hydrogen) atoms. The smallest absolute Gasteiger partial charge is 0.229 e. The van der Waals surface area contributed by atoms with E-state index in [1.54, 1.807) is 12.1 Å². The van der Waals surface area contributed by atoms with Crippen LogP contribution in [0.3, 0.4) is 0 Å². The van der Waals surface area contributed by atoms with Gasteiger partial charge in [-0.05, 0) is 49.1 Å². The average Bonchev–Trinajstić information content (AvgIpc) is 3.48. The first kappa shape index (κ1) is 22.5. The largest absolute Gasteiger partial charge is 0.395 e. The summed E-state index contributed by atoms with van der Waals surface area (Å²) >= 11 is 0. The molecular formula is C28H30FN3O2. The van der Waals surface area contributed by atoms with Crippen LogP contribution in [0.15, 0.2) is 71.9 Å². The second-order valence-corrected chi connectivity index (χ2v) is 9.27. The second-order valence-electron chi connectivity index (χ2n) is 9.27. The minimum Gasteiger partial charge on any atom is -0.395 e. The van der Waals surface area contributed by atoms with Gasteiger partial charge in [-0.15, -0.1) is 0 Å². The molecule has 2 aliphatic rings. The molecule has 6 heteroatoms. The van der Waals surface area contributed by atoms with Crippen LogP contribution in [0, 0.1) is 11.7 Å². The van der Waals surface area contributed by atoms with Crippen molar-refractivity contribution in [3.05, 3.63) is 94.6 Å². The number of aliphatic hydroxyl groups is 1. The van der Waals surface area contributed by atoms with E-state index in [0.29, 0.717) is 13.1 Å². The third-order valence-electron chi connectivity index (χ3n) is 7.30. The summed E-state index contributed by atoms with van der Waals surface area (Å²) in [6.07, 6.45) is 5.15. The van der Waals surface area contributed by atoms with Crippen molar-refractivity contribution in [3.63, 3.8) is 0 Å². The van der Waals surface area contributed by atoms with Crippen LogP contribution < -0.4 is 0 Å². The molecule has 5 rings (SSSR count). The summed E-state index contributed by atoms with van der Waals surface area (Å²) in [4.78, 5) is 15.5. The van der Waals surface area contributed by atoms with Crippen LogP contribution in [-0.4, -0.2) is 45.4 Å². The Bertz CT molecular complexity index is 1200. The summed E-state index contributed by atoms with van der Waals surface area (Å²) in [5.41, 5.74) is 6.86. The van der Waals surface area contributed by atoms with Gasteiger partial charge in [0.05, 0.1) is 30.1 Å². The van der Waals surface area contributed by atoms with Gasteiger partial charge in [0.1, 0.15) is 5.82 Å². The highest BCUT2D eigenvalue weighted by Gasteiger charge is 2.40. The fourth-order valence-corrected chi connectivity index (χ4v) is 5.60. The molecule has 5 nitrogen and oxygen atoms in total. The Balaban J connectivity index is 1.37. The molecule has 0 aliphatic heterocycles. The van der Waals surface area contributed by atoms with Crippen LogP contribution in [0.5, 0.6) is 0 Å². The molecule has 0 spiro atoms. The number of hydrogen-bond acceptors (Lipinski definition) is 3. The number of carbonyl (C=O) groups is 1. The fraction of sp³-hybridized carbons (Fsp3) is 0.357. The molecule has 2 aliphatic carbocycles. The standard InChI is InChI=1S/C28H30FN3O2/c1-19-25-18-30-32(23-10-8-22(29)9-11-23)26(25)17-21-7-12-24(27(19)21)28(34)31(15-16-33)14-13-20-5-3-2-4-6-20/h2-6,8-11,18-19,24,33H,7,12-17H2,1H3/t19-,24+/m0/s1. The maximum Gasteiger partial charge on any atom is 0.229 e. The first-order valence-corrected chi connectivity index (χ1v) is 12.0. The predicted molar refractivity (Wildman–Crippen MR) is 129 cm³/mol. The van der Waals surface area contributed by atoms with Crippen molar-refractivity contribution in [3.8, 4) is 5.69 Å². The minimum atomic E-state index is -0.264. The maximum absolute atomic E-state index is 13.7. The fourth-order valence-electron chi connectivity index (χ4n) is 5.60. The minimum absolute atomic E-state index is 0.0384. The van der Waals surface area contributed by atoms with E-state index in [-0.39, 0.29) is 30.2 Å². The van der Waals surface area contributed by atoms with Crippen molar-refractivity contribution in [1.82, 2.24) is 14.7 Å². The molecule has 3 aromatic rings. The van der Waals surface area contributed by atoms with Gasteiger partial charge in [-0.3, -0.25) is 4.79 Å². The number of hydrogen-bond donors (Lipinski definition) is 1. The van der Waals surface area contributed by atoms with Gasteiger partial charge >= 0.3 is 0 Å². The summed E-state index contributed by atoms with van der Waals surface area (Å²) in [5, 5.41) is 14.2. The molecule has 0 bridgehead atoms. The normalized spacial score (nSPS) is 19.1. The van der Waals surface area contributed by atoms with Crippen LogP contribution in [-0.2, 0) is 17.6 Å². The molecule has 0 saturated carbocycles. The van der Waals surface area contributed by atoms with E-state index >= 15 is 0 Å². The lowest BCUT2D eigenvalue weighted by molar-refractivity contribution is -0.134. The lowest BCUT2D eigenvalue weighted by Crippen LogP contribution is -2.40. The van der Waals surface area contributed by atoms with Crippen LogP contribution in [0.4, 0.5) is 4.39 Å². The summed E-state index contributed by atoms with van der Waals surface area (Å²) < 4.78 is 15.3. The summed E-state index contributed by atoms with van der Waals surface area (Å²) in [7, 11) is 0. The molecule has 1 heterocycles. The van der Waals surface area contributed by atoms with Crippen molar-refractivity contribution < 1.29 is 14.3 Å². The third kappa shape index (κ3) is 4.18. The summed E-state index contributed by atoms with van der Waals surface area (Å²) in [6, 6.07) is 16.6. The van der Waals surface area contributed by atoms with Crippen molar-refractivity contribution in [2.24, 2.45) is 5.92 Å². The van der Waals surface area contributed by atoms with Gasteiger partial charge in [-0.25, -0.2) is 9.07 Å². The van der Waals surface area contributed by atoms with E-state index in [4.69, 9.17) is 0 Å². The van der Waals surface area contributed by atoms with Crippen molar-refractivity contribution >= 4 is 5.91 Å². The molecule has 176 valence electrons. The quantitative estimate of drug-likeness (QED) is 0.532. The van der Waals surface area contributed by atoms with Gasteiger partial charge in [0.2, 0.25) is 5.91 Å². The molecule has 1 aromatic heterocycles. The summed E-state index contributed by atoms with van der Waals surface area (Å²) in [6.45, 7) is 3.08. The van der Waals surface area contributed by atoms with E-state index in [1.165, 1.54) is 28.8 Å². The molecule has 2 atom stereocenters. The second kappa shape index (κ2) is 9.55. The van der Waals surface area contributed by atoms with E-state index in [2.05, 4.69) is 24.2 Å². The number of aliphatic hydroxyl groups excluding tert-OH is 1. The highest BCUT2D eigenvalue weighted by Crippen LogP contribution is 2.47. The molecular weight excluding hydrogens is 429 g/mol. The van der Waals surface area contributed by atoms with Crippen LogP contribution in [0.1, 0.15) is 42.5 Å². The van der Waals surface area contributed by atoms with Gasteiger partial charge in [0.15, 0.2) is 0 Å². The predicted octanol–water partition coefficient (Wildman–Crippen LogP) is 4.44. The molecule has 0 fully saturated rings. The Morgan fingerprint density at radius 2 is 1.91 bits per heavy atom. The van der Waals surface area contributed by atoms with Crippen LogP contribution in [0.25, 0.3) is 5.69 Å². The van der Waals surface area contributed by atoms with E-state index in [9.17, 15) is 14.3 Å². The molecule has 1 N–H and O–H groups in total. The number of carbonyl (C=O) groups excluding carboxylic acids is 1. The molecule has 1 amide bonds. The van der Waals surface area contributed by atoms with E-state index in [0.717, 1.165) is 42.6 Å². The van der Waals surface area contributed by atoms with Gasteiger partial charge in [-0.2, -0.15) is 5.10 Å². The van der Waals surface area contributed by atoms with Gasteiger partial charge in [0.25, 0.3) is 0 Å². The summed E-state index contributed by atoms with van der Waals surface area (Å²) in [5.74, 6) is -0.180. The third-order valence-corrected chi connectivity index (χ3v) is 7.30. The van der Waals surface area contributed by atoms with Crippen molar-refractivity contribution in [1.29, 1.82) is 0 Å². The van der Waals surface area contributed by atoms with E-state index < -0.39 is 0 Å². The Labute approximate surface area is 199 Å². The highest BCUT2D eigenvalue weighted by molar-refractivity contribution is 5.83. The van der Waals surface area contributed by atoms with Crippen molar-refractivity contribution in [2.75, 3.05) is 19.7 Å². The number of allylic oxidation sites excluding steroid dienone is 1. The first-order valence-electron chi connectivity index (χ1n) is 12.0. The van der Waals surface area contributed by atoms with Gasteiger partial charge in [0, 0.05) is 31.0 Å². The van der Waals surface area contributed by atoms with Crippen molar-refractivity contribution in [2.45, 2.75) is 38.5 Å². The van der Waals surface area contributed by atoms with Crippen LogP contribution >= 0.6 is 0 Å². The molecule has 0 saturated heterocycles. The average molecular weight is 460 g/mol. The zero-order valence-corrected chi connectivity index (χ0v) is 19.5. The molecule has 0 radical (unpaired) electrons. The molecule has 0 unspecified atom stereocenters. The van der Waals surface area contributed by atoms with Gasteiger partial charge < -0.3 is 10.0 Å². The number of halogens is 1. The number of aromatic nitrogens is 2.